The Hall–Kier alpha value is -1.61. The van der Waals surface area contributed by atoms with Crippen LogP contribution in [0.5, 0.6) is 0 Å². The highest BCUT2D eigenvalue weighted by atomic mass is 35.5. The van der Waals surface area contributed by atoms with Crippen LogP contribution >= 0.6 is 11.6 Å². The Balaban J connectivity index is 2.08. The lowest BCUT2D eigenvalue weighted by Gasteiger charge is -2.18. The van der Waals surface area contributed by atoms with Crippen molar-refractivity contribution in [3.05, 3.63) is 59.0 Å². The highest BCUT2D eigenvalue weighted by Gasteiger charge is 2.03. The van der Waals surface area contributed by atoms with Crippen molar-refractivity contribution >= 4 is 17.4 Å². The van der Waals surface area contributed by atoms with E-state index in [1.165, 1.54) is 12.3 Å². The summed E-state index contributed by atoms with van der Waals surface area (Å²) in [6, 6.07) is 10.7. The summed E-state index contributed by atoms with van der Waals surface area (Å²) in [7, 11) is 1.91. The molecule has 0 unspecified atom stereocenters. The summed E-state index contributed by atoms with van der Waals surface area (Å²) >= 11 is 5.82. The number of pyridine rings is 1. The first-order chi connectivity index (χ1) is 8.15. The van der Waals surface area contributed by atoms with E-state index in [0.29, 0.717) is 6.54 Å². The van der Waals surface area contributed by atoms with Crippen LogP contribution in [0.3, 0.4) is 0 Å². The maximum atomic E-state index is 12.7. The molecule has 0 aliphatic carbocycles. The maximum Gasteiger partial charge on any atom is 0.141 e. The van der Waals surface area contributed by atoms with Crippen molar-refractivity contribution < 1.29 is 4.39 Å². The molecule has 88 valence electrons. The molecule has 4 heteroatoms. The molecule has 0 radical (unpaired) electrons. The van der Waals surface area contributed by atoms with Crippen LogP contribution in [0.15, 0.2) is 42.6 Å². The van der Waals surface area contributed by atoms with Gasteiger partial charge in [0.25, 0.3) is 0 Å². The van der Waals surface area contributed by atoms with Gasteiger partial charge in [0.15, 0.2) is 0 Å². The molecular weight excluding hydrogens is 239 g/mol. The molecular formula is C13H12ClFN2. The molecule has 0 bridgehead atoms. The van der Waals surface area contributed by atoms with Crippen molar-refractivity contribution in [2.24, 2.45) is 0 Å². The fourth-order valence-corrected chi connectivity index (χ4v) is 1.66. The smallest absolute Gasteiger partial charge is 0.141 e. The molecule has 1 aromatic carbocycles. The lowest BCUT2D eigenvalue weighted by molar-refractivity contribution is 0.621. The van der Waals surface area contributed by atoms with Crippen LogP contribution in [0, 0.1) is 5.82 Å². The average molecular weight is 251 g/mol. The molecule has 0 fully saturated rings. The second-order valence-electron chi connectivity index (χ2n) is 3.82. The lowest BCUT2D eigenvalue weighted by Crippen LogP contribution is -2.17. The minimum Gasteiger partial charge on any atom is -0.355 e. The quantitative estimate of drug-likeness (QED) is 0.829. The third-order valence-electron chi connectivity index (χ3n) is 2.44. The molecule has 0 amide bonds. The molecule has 2 nitrogen and oxygen atoms in total. The number of anilines is 1. The molecule has 1 heterocycles. The lowest BCUT2D eigenvalue weighted by atomic mass is 10.2. The summed E-state index contributed by atoms with van der Waals surface area (Å²) in [4.78, 5) is 5.96. The number of halogens is 2. The van der Waals surface area contributed by atoms with E-state index in [0.717, 1.165) is 16.4 Å². The van der Waals surface area contributed by atoms with Crippen LogP contribution in [-0.4, -0.2) is 12.0 Å². The number of nitrogens with zero attached hydrogens (tertiary/aromatic N) is 2. The third-order valence-corrected chi connectivity index (χ3v) is 2.69. The zero-order valence-electron chi connectivity index (χ0n) is 9.40. The number of benzene rings is 1. The largest absolute Gasteiger partial charge is 0.355 e. The van der Waals surface area contributed by atoms with Gasteiger partial charge in [0.1, 0.15) is 11.6 Å². The Morgan fingerprint density at radius 2 is 1.88 bits per heavy atom. The van der Waals surface area contributed by atoms with Crippen molar-refractivity contribution in [1.29, 1.82) is 0 Å². The molecule has 0 saturated carbocycles. The number of aromatic nitrogens is 1. The zero-order chi connectivity index (χ0) is 12.3. The van der Waals surface area contributed by atoms with Crippen molar-refractivity contribution in [3.63, 3.8) is 0 Å². The Morgan fingerprint density at radius 1 is 1.18 bits per heavy atom. The summed E-state index contributed by atoms with van der Waals surface area (Å²) in [5.41, 5.74) is 1.13. The molecule has 0 spiro atoms. The molecule has 0 N–H and O–H groups in total. The van der Waals surface area contributed by atoms with Crippen LogP contribution in [0.4, 0.5) is 10.2 Å². The SMILES string of the molecule is CN(Cc1ccc(Cl)cc1)c1ccc(F)cn1. The Labute approximate surface area is 105 Å². The summed E-state index contributed by atoms with van der Waals surface area (Å²) in [5.74, 6) is 0.412. The predicted molar refractivity (Wildman–Crippen MR) is 67.8 cm³/mol. The Morgan fingerprint density at radius 3 is 2.47 bits per heavy atom. The molecule has 1 aromatic heterocycles. The van der Waals surface area contributed by atoms with E-state index in [-0.39, 0.29) is 5.82 Å². The van der Waals surface area contributed by atoms with Gasteiger partial charge in [-0.3, -0.25) is 0 Å². The van der Waals surface area contributed by atoms with Gasteiger partial charge in [-0.1, -0.05) is 23.7 Å². The molecule has 0 saturated heterocycles. The van der Waals surface area contributed by atoms with Crippen LogP contribution in [0.1, 0.15) is 5.56 Å². The number of hydrogen-bond donors (Lipinski definition) is 0. The van der Waals surface area contributed by atoms with Gasteiger partial charge in [0, 0.05) is 18.6 Å². The minimum atomic E-state index is -0.325. The van der Waals surface area contributed by atoms with E-state index in [2.05, 4.69) is 4.98 Å². The highest BCUT2D eigenvalue weighted by Crippen LogP contribution is 2.15. The van der Waals surface area contributed by atoms with Crippen LogP contribution < -0.4 is 4.90 Å². The van der Waals surface area contributed by atoms with E-state index in [4.69, 9.17) is 11.6 Å². The van der Waals surface area contributed by atoms with Crippen LogP contribution in [-0.2, 0) is 6.54 Å². The number of rotatable bonds is 3. The topological polar surface area (TPSA) is 16.1 Å². The fraction of sp³-hybridized carbons (Fsp3) is 0.154. The van der Waals surface area contributed by atoms with Gasteiger partial charge in [0.2, 0.25) is 0 Å². The van der Waals surface area contributed by atoms with Crippen molar-refractivity contribution in [1.82, 2.24) is 4.98 Å². The normalized spacial score (nSPS) is 10.3. The second-order valence-corrected chi connectivity index (χ2v) is 4.25. The van der Waals surface area contributed by atoms with Crippen molar-refractivity contribution in [3.8, 4) is 0 Å². The molecule has 0 aliphatic rings. The van der Waals surface area contributed by atoms with E-state index in [9.17, 15) is 4.39 Å². The Bertz CT molecular complexity index is 482. The first kappa shape index (κ1) is 11.9. The molecule has 0 atom stereocenters. The molecule has 0 aliphatic heterocycles. The molecule has 2 rings (SSSR count). The average Bonchev–Trinajstić information content (AvgIpc) is 2.33. The standard InChI is InChI=1S/C13H12ClFN2/c1-17(13-7-6-12(15)8-16-13)9-10-2-4-11(14)5-3-10/h2-8H,9H2,1H3. The van der Waals surface area contributed by atoms with Gasteiger partial charge in [-0.05, 0) is 29.8 Å². The van der Waals surface area contributed by atoms with Gasteiger partial charge in [-0.25, -0.2) is 9.37 Å². The molecule has 2 aromatic rings. The molecule has 17 heavy (non-hydrogen) atoms. The fourth-order valence-electron chi connectivity index (χ4n) is 1.54. The maximum absolute atomic E-state index is 12.7. The van der Waals surface area contributed by atoms with Crippen molar-refractivity contribution in [2.75, 3.05) is 11.9 Å². The zero-order valence-corrected chi connectivity index (χ0v) is 10.2. The summed E-state index contributed by atoms with van der Waals surface area (Å²) in [6.07, 6.45) is 1.22. The van der Waals surface area contributed by atoms with Gasteiger partial charge >= 0.3 is 0 Å². The Kier molecular flexibility index (Phi) is 3.59. The van der Waals surface area contributed by atoms with E-state index in [1.54, 1.807) is 6.07 Å². The first-order valence-electron chi connectivity index (χ1n) is 5.22. The summed E-state index contributed by atoms with van der Waals surface area (Å²) in [6.45, 7) is 0.704. The van der Waals surface area contributed by atoms with Gasteiger partial charge in [-0.2, -0.15) is 0 Å². The summed E-state index contributed by atoms with van der Waals surface area (Å²) in [5, 5.41) is 0.719. The van der Waals surface area contributed by atoms with Gasteiger partial charge in [-0.15, -0.1) is 0 Å². The number of hydrogen-bond acceptors (Lipinski definition) is 2. The third kappa shape index (κ3) is 3.17. The van der Waals surface area contributed by atoms with Crippen molar-refractivity contribution in [2.45, 2.75) is 6.54 Å². The van der Waals surface area contributed by atoms with Crippen LogP contribution in [0.25, 0.3) is 0 Å². The second kappa shape index (κ2) is 5.15. The monoisotopic (exact) mass is 250 g/mol. The van der Waals surface area contributed by atoms with Crippen LogP contribution in [0.2, 0.25) is 5.02 Å². The van der Waals surface area contributed by atoms with Gasteiger partial charge < -0.3 is 4.90 Å². The van der Waals surface area contributed by atoms with E-state index < -0.39 is 0 Å². The summed E-state index contributed by atoms with van der Waals surface area (Å²) < 4.78 is 12.7. The van der Waals surface area contributed by atoms with E-state index >= 15 is 0 Å². The minimum absolute atomic E-state index is 0.325. The van der Waals surface area contributed by atoms with Gasteiger partial charge in [0.05, 0.1) is 6.20 Å². The predicted octanol–water partition coefficient (Wildman–Crippen LogP) is 3.51. The highest BCUT2D eigenvalue weighted by molar-refractivity contribution is 6.30. The van der Waals surface area contributed by atoms with E-state index in [1.807, 2.05) is 36.2 Å². The first-order valence-corrected chi connectivity index (χ1v) is 5.60.